The number of rotatable bonds is 4. The van der Waals surface area contributed by atoms with Crippen LogP contribution in [0, 0.1) is 0 Å². The van der Waals surface area contributed by atoms with Gasteiger partial charge in [-0.2, -0.15) is 13.2 Å². The standard InChI is InChI=1S/C15H11F3N2O3/c16-15(17,18)9-4-6-10(7-5-9)20-14(23)11-2-1-3-12(13(11)22)19-8-21/h1-8,22H,(H,19,21)(H,20,23). The van der Waals surface area contributed by atoms with Crippen molar-refractivity contribution >= 4 is 23.7 Å². The van der Waals surface area contributed by atoms with E-state index in [1.807, 2.05) is 0 Å². The van der Waals surface area contributed by atoms with Crippen LogP contribution in [0.4, 0.5) is 24.5 Å². The maximum Gasteiger partial charge on any atom is 0.416 e. The molecule has 2 rings (SSSR count). The number of phenols is 1. The molecule has 0 bridgehead atoms. The maximum atomic E-state index is 12.5. The van der Waals surface area contributed by atoms with Crippen LogP contribution in [0.1, 0.15) is 15.9 Å². The highest BCUT2D eigenvalue weighted by Crippen LogP contribution is 2.30. The molecule has 5 nitrogen and oxygen atoms in total. The predicted molar refractivity (Wildman–Crippen MR) is 77.2 cm³/mol. The minimum absolute atomic E-state index is 0.0417. The quantitative estimate of drug-likeness (QED) is 0.597. The second-order valence-electron chi connectivity index (χ2n) is 4.49. The Bertz CT molecular complexity index is 728. The van der Waals surface area contributed by atoms with Gasteiger partial charge in [-0.1, -0.05) is 6.07 Å². The van der Waals surface area contributed by atoms with Crippen molar-refractivity contribution in [1.29, 1.82) is 0 Å². The summed E-state index contributed by atoms with van der Waals surface area (Å²) in [5.74, 6) is -1.17. The summed E-state index contributed by atoms with van der Waals surface area (Å²) in [5.41, 5.74) is -0.788. The molecule has 0 spiro atoms. The lowest BCUT2D eigenvalue weighted by Crippen LogP contribution is -2.13. The van der Waals surface area contributed by atoms with Crippen LogP contribution >= 0.6 is 0 Å². The molecule has 2 amide bonds. The minimum atomic E-state index is -4.46. The van der Waals surface area contributed by atoms with Crippen LogP contribution in [0.3, 0.4) is 0 Å². The summed E-state index contributed by atoms with van der Waals surface area (Å²) in [4.78, 5) is 22.5. The Morgan fingerprint density at radius 2 is 1.74 bits per heavy atom. The molecule has 120 valence electrons. The Kier molecular flexibility index (Phi) is 4.54. The first kappa shape index (κ1) is 16.3. The van der Waals surface area contributed by atoms with Gasteiger partial charge in [0.1, 0.15) is 0 Å². The van der Waals surface area contributed by atoms with E-state index in [1.54, 1.807) is 0 Å². The van der Waals surface area contributed by atoms with Gasteiger partial charge in [0.25, 0.3) is 5.91 Å². The lowest BCUT2D eigenvalue weighted by molar-refractivity contribution is -0.137. The number of hydrogen-bond donors (Lipinski definition) is 3. The van der Waals surface area contributed by atoms with E-state index in [4.69, 9.17) is 0 Å². The van der Waals surface area contributed by atoms with Gasteiger partial charge in [0.2, 0.25) is 6.41 Å². The summed E-state index contributed by atoms with van der Waals surface area (Å²) in [6.45, 7) is 0. The molecule has 2 aromatic carbocycles. The molecule has 0 aromatic heterocycles. The van der Waals surface area contributed by atoms with E-state index in [0.29, 0.717) is 6.41 Å². The minimum Gasteiger partial charge on any atom is -0.505 e. The van der Waals surface area contributed by atoms with Gasteiger partial charge >= 0.3 is 6.18 Å². The fourth-order valence-corrected chi connectivity index (χ4v) is 1.85. The summed E-state index contributed by atoms with van der Waals surface area (Å²) >= 11 is 0. The molecule has 0 heterocycles. The summed E-state index contributed by atoms with van der Waals surface area (Å²) in [6, 6.07) is 8.01. The highest BCUT2D eigenvalue weighted by molar-refractivity contribution is 6.07. The number of nitrogens with one attached hydrogen (secondary N) is 2. The van der Waals surface area contributed by atoms with E-state index < -0.39 is 23.4 Å². The van der Waals surface area contributed by atoms with Gasteiger partial charge in [-0.15, -0.1) is 0 Å². The predicted octanol–water partition coefficient (Wildman–Crippen LogP) is 3.23. The topological polar surface area (TPSA) is 78.4 Å². The first-order chi connectivity index (χ1) is 10.8. The normalized spacial score (nSPS) is 10.9. The molecule has 0 aliphatic carbocycles. The highest BCUT2D eigenvalue weighted by atomic mass is 19.4. The summed E-state index contributed by atoms with van der Waals surface area (Å²) < 4.78 is 37.4. The molecule has 0 unspecified atom stereocenters. The van der Waals surface area contributed by atoms with Crippen LogP contribution in [0.5, 0.6) is 5.75 Å². The molecular formula is C15H11F3N2O3. The van der Waals surface area contributed by atoms with Crippen LogP contribution in [0.25, 0.3) is 0 Å². The molecule has 3 N–H and O–H groups in total. The number of anilines is 2. The Morgan fingerprint density at radius 3 is 2.30 bits per heavy atom. The zero-order valence-electron chi connectivity index (χ0n) is 11.5. The van der Waals surface area contributed by atoms with Crippen molar-refractivity contribution in [2.24, 2.45) is 0 Å². The van der Waals surface area contributed by atoms with E-state index in [-0.39, 0.29) is 16.9 Å². The zero-order valence-corrected chi connectivity index (χ0v) is 11.5. The Labute approximate surface area is 128 Å². The van der Waals surface area contributed by atoms with Gasteiger partial charge in [-0.05, 0) is 36.4 Å². The fourth-order valence-electron chi connectivity index (χ4n) is 1.85. The van der Waals surface area contributed by atoms with Gasteiger partial charge in [0, 0.05) is 5.69 Å². The molecule has 0 aliphatic heterocycles. The van der Waals surface area contributed by atoms with Crippen LogP contribution in [0.15, 0.2) is 42.5 Å². The summed E-state index contributed by atoms with van der Waals surface area (Å²) in [5, 5.41) is 14.5. The zero-order chi connectivity index (χ0) is 17.0. The van der Waals surface area contributed by atoms with E-state index in [1.165, 1.54) is 18.2 Å². The van der Waals surface area contributed by atoms with Crippen molar-refractivity contribution in [3.05, 3.63) is 53.6 Å². The Morgan fingerprint density at radius 1 is 1.09 bits per heavy atom. The third-order valence-electron chi connectivity index (χ3n) is 2.97. The lowest BCUT2D eigenvalue weighted by Gasteiger charge is -2.11. The SMILES string of the molecule is O=CNc1cccc(C(=O)Nc2ccc(C(F)(F)F)cc2)c1O. The molecule has 0 saturated carbocycles. The molecule has 2 aromatic rings. The van der Waals surface area contributed by atoms with Crippen molar-refractivity contribution in [2.45, 2.75) is 6.18 Å². The Balaban J connectivity index is 2.19. The largest absolute Gasteiger partial charge is 0.505 e. The third-order valence-corrected chi connectivity index (χ3v) is 2.97. The molecular weight excluding hydrogens is 313 g/mol. The van der Waals surface area contributed by atoms with Gasteiger partial charge in [0.05, 0.1) is 16.8 Å². The number of para-hydroxylation sites is 1. The van der Waals surface area contributed by atoms with E-state index in [0.717, 1.165) is 24.3 Å². The van der Waals surface area contributed by atoms with Gasteiger partial charge in [0.15, 0.2) is 5.75 Å². The van der Waals surface area contributed by atoms with Crippen molar-refractivity contribution in [3.8, 4) is 5.75 Å². The number of aromatic hydroxyl groups is 1. The molecule has 8 heteroatoms. The van der Waals surface area contributed by atoms with E-state index in [2.05, 4.69) is 10.6 Å². The Hall–Kier alpha value is -3.03. The van der Waals surface area contributed by atoms with Gasteiger partial charge in [-0.25, -0.2) is 0 Å². The van der Waals surface area contributed by atoms with E-state index >= 15 is 0 Å². The summed E-state index contributed by atoms with van der Waals surface area (Å²) in [6.07, 6.45) is -4.12. The van der Waals surface area contributed by atoms with Crippen molar-refractivity contribution in [3.63, 3.8) is 0 Å². The average Bonchev–Trinajstić information content (AvgIpc) is 2.49. The molecule has 0 atom stereocenters. The second-order valence-corrected chi connectivity index (χ2v) is 4.49. The average molecular weight is 324 g/mol. The first-order valence-electron chi connectivity index (χ1n) is 6.33. The van der Waals surface area contributed by atoms with Crippen LogP contribution in [0.2, 0.25) is 0 Å². The maximum absolute atomic E-state index is 12.5. The van der Waals surface area contributed by atoms with Crippen molar-refractivity contribution in [2.75, 3.05) is 10.6 Å². The van der Waals surface area contributed by atoms with Crippen LogP contribution < -0.4 is 10.6 Å². The third kappa shape index (κ3) is 3.79. The fraction of sp³-hybridized carbons (Fsp3) is 0.0667. The first-order valence-corrected chi connectivity index (χ1v) is 6.33. The molecule has 0 saturated heterocycles. The van der Waals surface area contributed by atoms with Crippen molar-refractivity contribution < 1.29 is 27.9 Å². The van der Waals surface area contributed by atoms with Crippen molar-refractivity contribution in [1.82, 2.24) is 0 Å². The molecule has 0 fully saturated rings. The van der Waals surface area contributed by atoms with E-state index in [9.17, 15) is 27.9 Å². The highest BCUT2D eigenvalue weighted by Gasteiger charge is 2.30. The lowest BCUT2D eigenvalue weighted by atomic mass is 10.1. The molecule has 0 aliphatic rings. The molecule has 23 heavy (non-hydrogen) atoms. The number of benzene rings is 2. The number of amides is 2. The monoisotopic (exact) mass is 324 g/mol. The van der Waals surface area contributed by atoms with Gasteiger partial charge < -0.3 is 15.7 Å². The summed E-state index contributed by atoms with van der Waals surface area (Å²) in [7, 11) is 0. The van der Waals surface area contributed by atoms with Crippen LogP contribution in [-0.4, -0.2) is 17.4 Å². The number of phenolic OH excluding ortho intramolecular Hbond substituents is 1. The number of hydrogen-bond acceptors (Lipinski definition) is 3. The smallest absolute Gasteiger partial charge is 0.416 e. The molecule has 0 radical (unpaired) electrons. The number of halogens is 3. The van der Waals surface area contributed by atoms with Crippen LogP contribution in [-0.2, 0) is 11.0 Å². The second kappa shape index (κ2) is 6.39. The van der Waals surface area contributed by atoms with Gasteiger partial charge in [-0.3, -0.25) is 9.59 Å². The number of alkyl halides is 3. The number of carbonyl (C=O) groups excluding carboxylic acids is 2. The number of carbonyl (C=O) groups is 2.